The number of benzene rings is 2. The van der Waals surface area contributed by atoms with Crippen molar-refractivity contribution in [3.8, 4) is 6.07 Å². The van der Waals surface area contributed by atoms with Gasteiger partial charge in [0.15, 0.2) is 0 Å². The summed E-state index contributed by atoms with van der Waals surface area (Å²) in [7, 11) is 0. The van der Waals surface area contributed by atoms with Crippen LogP contribution in [0.3, 0.4) is 0 Å². The minimum atomic E-state index is -0.281. The van der Waals surface area contributed by atoms with Crippen molar-refractivity contribution in [3.63, 3.8) is 0 Å². The number of amides is 1. The van der Waals surface area contributed by atoms with E-state index in [0.717, 1.165) is 18.7 Å². The van der Waals surface area contributed by atoms with Crippen LogP contribution >= 0.6 is 0 Å². The van der Waals surface area contributed by atoms with Gasteiger partial charge in [-0.05, 0) is 42.0 Å². The fourth-order valence-corrected chi connectivity index (χ4v) is 3.02. The third-order valence-corrected chi connectivity index (χ3v) is 4.47. The summed E-state index contributed by atoms with van der Waals surface area (Å²) < 4.78 is 18.7. The van der Waals surface area contributed by atoms with Gasteiger partial charge in [0.25, 0.3) is 5.91 Å². The molecule has 1 amide bonds. The molecule has 2 aromatic carbocycles. The molecule has 1 saturated heterocycles. The van der Waals surface area contributed by atoms with Crippen LogP contribution in [0.1, 0.15) is 27.5 Å². The number of ether oxygens (including phenoxy) is 1. The number of carbonyl (C=O) groups is 1. The van der Waals surface area contributed by atoms with Gasteiger partial charge in [-0.15, -0.1) is 0 Å². The molecule has 1 N–H and O–H groups in total. The molecule has 134 valence electrons. The van der Waals surface area contributed by atoms with E-state index in [-0.39, 0.29) is 17.8 Å². The molecule has 1 fully saturated rings. The van der Waals surface area contributed by atoms with E-state index in [1.165, 1.54) is 12.1 Å². The Bertz CT molecular complexity index is 778. The normalized spacial score (nSPS) is 15.8. The molecule has 0 saturated carbocycles. The zero-order chi connectivity index (χ0) is 18.4. The van der Waals surface area contributed by atoms with E-state index in [2.05, 4.69) is 10.2 Å². The third-order valence-electron chi connectivity index (χ3n) is 4.47. The van der Waals surface area contributed by atoms with Crippen molar-refractivity contribution < 1.29 is 13.9 Å². The van der Waals surface area contributed by atoms with E-state index < -0.39 is 0 Å². The molecule has 1 atom stereocenters. The molecule has 1 aliphatic rings. The molecule has 2 aromatic rings. The molecule has 1 heterocycles. The Morgan fingerprint density at radius 2 is 1.81 bits per heavy atom. The average molecular weight is 353 g/mol. The van der Waals surface area contributed by atoms with Gasteiger partial charge in [-0.3, -0.25) is 9.69 Å². The largest absolute Gasteiger partial charge is 0.379 e. The highest BCUT2D eigenvalue weighted by atomic mass is 19.1. The van der Waals surface area contributed by atoms with Gasteiger partial charge in [0.1, 0.15) is 5.82 Å². The first-order valence-electron chi connectivity index (χ1n) is 8.53. The van der Waals surface area contributed by atoms with Gasteiger partial charge in [0, 0.05) is 25.2 Å². The number of hydrogen-bond acceptors (Lipinski definition) is 4. The fourth-order valence-electron chi connectivity index (χ4n) is 3.02. The molecule has 0 aliphatic carbocycles. The Hall–Kier alpha value is -2.75. The predicted molar refractivity (Wildman–Crippen MR) is 95.0 cm³/mol. The zero-order valence-corrected chi connectivity index (χ0v) is 14.3. The van der Waals surface area contributed by atoms with Crippen LogP contribution in [0, 0.1) is 17.1 Å². The number of halogens is 1. The van der Waals surface area contributed by atoms with E-state index in [9.17, 15) is 9.18 Å². The number of nitrogens with one attached hydrogen (secondary N) is 1. The summed E-state index contributed by atoms with van der Waals surface area (Å²) in [4.78, 5) is 14.7. The molecule has 26 heavy (non-hydrogen) atoms. The Balaban J connectivity index is 1.71. The molecule has 5 nitrogen and oxygen atoms in total. The molecule has 3 rings (SSSR count). The van der Waals surface area contributed by atoms with Gasteiger partial charge in [-0.1, -0.05) is 12.1 Å². The monoisotopic (exact) mass is 353 g/mol. The molecule has 1 aliphatic heterocycles. The summed E-state index contributed by atoms with van der Waals surface area (Å²) in [6.45, 7) is 3.20. The van der Waals surface area contributed by atoms with Crippen LogP contribution in [-0.2, 0) is 4.74 Å². The van der Waals surface area contributed by atoms with Crippen LogP contribution in [0.15, 0.2) is 48.5 Å². The summed E-state index contributed by atoms with van der Waals surface area (Å²) in [6, 6.07) is 14.9. The molecule has 0 bridgehead atoms. The maximum atomic E-state index is 13.3. The first kappa shape index (κ1) is 18.1. The average Bonchev–Trinajstić information content (AvgIpc) is 2.70. The first-order chi connectivity index (χ1) is 12.7. The minimum Gasteiger partial charge on any atom is -0.379 e. The van der Waals surface area contributed by atoms with Crippen molar-refractivity contribution in [2.24, 2.45) is 0 Å². The van der Waals surface area contributed by atoms with Crippen LogP contribution < -0.4 is 5.32 Å². The summed E-state index contributed by atoms with van der Waals surface area (Å²) in [6.07, 6.45) is 0. The smallest absolute Gasteiger partial charge is 0.251 e. The number of hydrogen-bond donors (Lipinski definition) is 1. The summed E-state index contributed by atoms with van der Waals surface area (Å²) in [5.41, 5.74) is 1.97. The van der Waals surface area contributed by atoms with Crippen LogP contribution in [0.25, 0.3) is 0 Å². The van der Waals surface area contributed by atoms with E-state index >= 15 is 0 Å². The van der Waals surface area contributed by atoms with E-state index in [1.54, 1.807) is 36.4 Å². The van der Waals surface area contributed by atoms with Gasteiger partial charge in [-0.2, -0.15) is 5.26 Å². The minimum absolute atomic E-state index is 0.0539. The standard InChI is InChI=1S/C20H20FN3O2/c21-18-7-5-16(6-8-18)19(24-9-11-26-12-10-24)14-23-20(25)17-3-1-15(13-22)2-4-17/h1-8,19H,9-12,14H2,(H,23,25)/t19-/m1/s1. The SMILES string of the molecule is N#Cc1ccc(C(=O)NC[C@H](c2ccc(F)cc2)N2CCOCC2)cc1. The number of nitriles is 1. The third kappa shape index (κ3) is 4.45. The summed E-state index contributed by atoms with van der Waals surface area (Å²) >= 11 is 0. The summed E-state index contributed by atoms with van der Waals surface area (Å²) in [5.74, 6) is -0.481. The van der Waals surface area contributed by atoms with Crippen molar-refractivity contribution in [3.05, 3.63) is 71.0 Å². The Kier molecular flexibility index (Phi) is 5.95. The number of carbonyl (C=O) groups excluding carboxylic acids is 1. The van der Waals surface area contributed by atoms with E-state index in [0.29, 0.717) is 30.9 Å². The molecule has 0 aromatic heterocycles. The highest BCUT2D eigenvalue weighted by Crippen LogP contribution is 2.22. The highest BCUT2D eigenvalue weighted by molar-refractivity contribution is 5.94. The van der Waals surface area contributed by atoms with Gasteiger partial charge in [0.2, 0.25) is 0 Å². The molecule has 0 radical (unpaired) electrons. The van der Waals surface area contributed by atoms with Gasteiger partial charge < -0.3 is 10.1 Å². The predicted octanol–water partition coefficient (Wildman–Crippen LogP) is 2.50. The fraction of sp³-hybridized carbons (Fsp3) is 0.300. The van der Waals surface area contributed by atoms with Crippen molar-refractivity contribution in [1.82, 2.24) is 10.2 Å². The van der Waals surface area contributed by atoms with Crippen LogP contribution in [0.4, 0.5) is 4.39 Å². The second-order valence-corrected chi connectivity index (χ2v) is 6.11. The van der Waals surface area contributed by atoms with Crippen LogP contribution in [0.2, 0.25) is 0 Å². The van der Waals surface area contributed by atoms with Gasteiger partial charge in [-0.25, -0.2) is 4.39 Å². The lowest BCUT2D eigenvalue weighted by Crippen LogP contribution is -2.43. The van der Waals surface area contributed by atoms with Crippen molar-refractivity contribution in [2.45, 2.75) is 6.04 Å². The van der Waals surface area contributed by atoms with Gasteiger partial charge in [0.05, 0.1) is 30.9 Å². The molecular formula is C20H20FN3O2. The molecule has 6 heteroatoms. The molecular weight excluding hydrogens is 333 g/mol. The molecule has 0 spiro atoms. The maximum Gasteiger partial charge on any atom is 0.251 e. The Morgan fingerprint density at radius 3 is 2.42 bits per heavy atom. The van der Waals surface area contributed by atoms with E-state index in [4.69, 9.17) is 10.00 Å². The lowest BCUT2D eigenvalue weighted by atomic mass is 10.0. The highest BCUT2D eigenvalue weighted by Gasteiger charge is 2.23. The second kappa shape index (κ2) is 8.56. The summed E-state index contributed by atoms with van der Waals surface area (Å²) in [5, 5.41) is 11.8. The van der Waals surface area contributed by atoms with Gasteiger partial charge >= 0.3 is 0 Å². The second-order valence-electron chi connectivity index (χ2n) is 6.11. The molecule has 0 unspecified atom stereocenters. The lowest BCUT2D eigenvalue weighted by molar-refractivity contribution is 0.0162. The number of nitrogens with zero attached hydrogens (tertiary/aromatic N) is 2. The van der Waals surface area contributed by atoms with Crippen molar-refractivity contribution in [1.29, 1.82) is 5.26 Å². The van der Waals surface area contributed by atoms with Crippen molar-refractivity contribution >= 4 is 5.91 Å². The van der Waals surface area contributed by atoms with Crippen LogP contribution in [-0.4, -0.2) is 43.7 Å². The first-order valence-corrected chi connectivity index (χ1v) is 8.53. The Morgan fingerprint density at radius 1 is 1.15 bits per heavy atom. The zero-order valence-electron chi connectivity index (χ0n) is 14.3. The number of morpholine rings is 1. The van der Waals surface area contributed by atoms with Crippen LogP contribution in [0.5, 0.6) is 0 Å². The van der Waals surface area contributed by atoms with Crippen molar-refractivity contribution in [2.75, 3.05) is 32.8 Å². The van der Waals surface area contributed by atoms with E-state index in [1.807, 2.05) is 6.07 Å². The maximum absolute atomic E-state index is 13.3. The lowest BCUT2D eigenvalue weighted by Gasteiger charge is -2.35. The quantitative estimate of drug-likeness (QED) is 0.897. The Labute approximate surface area is 152 Å². The topological polar surface area (TPSA) is 65.4 Å². The number of rotatable bonds is 5.